The molecular weight excluding hydrogens is 288 g/mol. The maximum atomic E-state index is 11.3. The number of phenols is 1. The molecule has 1 atom stereocenters. The van der Waals surface area contributed by atoms with Gasteiger partial charge in [-0.2, -0.15) is 0 Å². The van der Waals surface area contributed by atoms with E-state index < -0.39 is 11.7 Å². The van der Waals surface area contributed by atoms with Gasteiger partial charge in [-0.25, -0.2) is 14.8 Å². The van der Waals surface area contributed by atoms with Crippen LogP contribution in [0.2, 0.25) is 0 Å². The first-order chi connectivity index (χ1) is 9.16. The summed E-state index contributed by atoms with van der Waals surface area (Å²) in [4.78, 5) is 29.2. The number of nitrogens with zero attached hydrogens (tertiary/aromatic N) is 2. The van der Waals surface area contributed by atoms with Crippen molar-refractivity contribution in [3.63, 3.8) is 0 Å². The fourth-order valence-corrected chi connectivity index (χ4v) is 3.96. The number of aromatic hydroxyl groups is 1. The second-order valence-corrected chi connectivity index (χ2v) is 6.11. The van der Waals surface area contributed by atoms with Crippen LogP contribution in [-0.2, 0) is 14.6 Å². The van der Waals surface area contributed by atoms with E-state index in [4.69, 9.17) is 4.89 Å². The highest BCUT2D eigenvalue weighted by atomic mass is 32.2. The molecule has 0 saturated carbocycles. The van der Waals surface area contributed by atoms with Crippen LogP contribution in [0, 0.1) is 0 Å². The monoisotopic (exact) mass is 294 g/mol. The number of benzene rings is 1. The molecule has 6 nitrogen and oxygen atoms in total. The Balaban J connectivity index is 1.77. The number of hydrogen-bond acceptors (Lipinski definition) is 8. The number of thiazole rings is 1. The van der Waals surface area contributed by atoms with Crippen LogP contribution in [0.3, 0.4) is 0 Å². The summed E-state index contributed by atoms with van der Waals surface area (Å²) < 4.78 is 0.872. The molecule has 0 aliphatic carbocycles. The summed E-state index contributed by atoms with van der Waals surface area (Å²) in [6.07, 6.45) is 0. The van der Waals surface area contributed by atoms with E-state index in [0.717, 1.165) is 10.2 Å². The summed E-state index contributed by atoms with van der Waals surface area (Å²) in [6.45, 7) is 0. The van der Waals surface area contributed by atoms with Crippen molar-refractivity contribution in [1.82, 2.24) is 4.98 Å². The van der Waals surface area contributed by atoms with Gasteiger partial charge in [0.25, 0.3) is 0 Å². The van der Waals surface area contributed by atoms with E-state index in [0.29, 0.717) is 15.8 Å². The normalized spacial score (nSPS) is 25.5. The number of carbonyl (C=O) groups excluding carboxylic acids is 1. The molecular formula is C11H6N2O4S2. The number of rotatable bonds is 1. The zero-order chi connectivity index (χ0) is 13.0. The van der Waals surface area contributed by atoms with Crippen molar-refractivity contribution in [3.05, 3.63) is 23.2 Å². The van der Waals surface area contributed by atoms with E-state index in [1.807, 2.05) is 0 Å². The maximum absolute atomic E-state index is 11.3. The van der Waals surface area contributed by atoms with Crippen LogP contribution < -0.4 is 0 Å². The molecule has 1 aromatic carbocycles. The van der Waals surface area contributed by atoms with E-state index in [2.05, 4.69) is 14.9 Å². The van der Waals surface area contributed by atoms with E-state index in [1.54, 1.807) is 18.2 Å². The van der Waals surface area contributed by atoms with Gasteiger partial charge in [-0.15, -0.1) is 16.2 Å². The Kier molecular flexibility index (Phi) is 2.17. The average molecular weight is 294 g/mol. The number of phenolic OH excluding ortho intramolecular Hbond substituents is 1. The molecule has 96 valence electrons. The SMILES string of the molecule is O=C1OOC12CSC(c1nc3ccc(O)cc3s1)=N2. The molecule has 0 radical (unpaired) electrons. The molecule has 2 aliphatic heterocycles. The van der Waals surface area contributed by atoms with Crippen molar-refractivity contribution < 1.29 is 19.7 Å². The van der Waals surface area contributed by atoms with E-state index in [-0.39, 0.29) is 5.75 Å². The number of thioether (sulfide) groups is 1. The molecule has 8 heteroatoms. The Morgan fingerprint density at radius 2 is 2.32 bits per heavy atom. The van der Waals surface area contributed by atoms with E-state index in [9.17, 15) is 9.90 Å². The van der Waals surface area contributed by atoms with Crippen LogP contribution in [0.15, 0.2) is 23.2 Å². The lowest BCUT2D eigenvalue weighted by atomic mass is 10.2. The second-order valence-electron chi connectivity index (χ2n) is 4.12. The highest BCUT2D eigenvalue weighted by Crippen LogP contribution is 2.39. The second kappa shape index (κ2) is 3.69. The van der Waals surface area contributed by atoms with Crippen molar-refractivity contribution >= 4 is 44.3 Å². The maximum Gasteiger partial charge on any atom is 0.401 e. The Labute approximate surface area is 115 Å². The smallest absolute Gasteiger partial charge is 0.401 e. The fourth-order valence-electron chi connectivity index (χ4n) is 1.83. The highest BCUT2D eigenvalue weighted by molar-refractivity contribution is 8.15. The predicted molar refractivity (Wildman–Crippen MR) is 70.2 cm³/mol. The molecule has 1 N–H and O–H groups in total. The number of aromatic nitrogens is 1. The minimum atomic E-state index is -1.17. The molecule has 19 heavy (non-hydrogen) atoms. The zero-order valence-electron chi connectivity index (χ0n) is 9.32. The predicted octanol–water partition coefficient (Wildman–Crippen LogP) is 1.68. The lowest BCUT2D eigenvalue weighted by Crippen LogP contribution is -2.51. The molecule has 2 aliphatic rings. The summed E-state index contributed by atoms with van der Waals surface area (Å²) in [7, 11) is 0. The first-order valence-corrected chi connectivity index (χ1v) is 7.19. The molecule has 0 amide bonds. The highest BCUT2D eigenvalue weighted by Gasteiger charge is 2.56. The van der Waals surface area contributed by atoms with Crippen LogP contribution >= 0.6 is 23.1 Å². The summed E-state index contributed by atoms with van der Waals surface area (Å²) in [5, 5.41) is 10.8. The fraction of sp³-hybridized carbons (Fsp3) is 0.182. The van der Waals surface area contributed by atoms with Crippen molar-refractivity contribution in [3.8, 4) is 5.75 Å². The van der Waals surface area contributed by atoms with Gasteiger partial charge in [-0.05, 0) is 18.2 Å². The Bertz CT molecular complexity index is 741. The molecule has 0 bridgehead atoms. The summed E-state index contributed by atoms with van der Waals surface area (Å²) >= 11 is 2.83. The third-order valence-electron chi connectivity index (χ3n) is 2.82. The summed E-state index contributed by atoms with van der Waals surface area (Å²) in [5.41, 5.74) is -0.376. The van der Waals surface area contributed by atoms with Gasteiger partial charge >= 0.3 is 11.7 Å². The Hall–Kier alpha value is -1.64. The molecule has 2 aromatic rings. The van der Waals surface area contributed by atoms with Gasteiger partial charge in [0.15, 0.2) is 0 Å². The van der Waals surface area contributed by atoms with Gasteiger partial charge in [-0.1, -0.05) is 11.8 Å². The topological polar surface area (TPSA) is 81.0 Å². The van der Waals surface area contributed by atoms with Crippen molar-refractivity contribution in [2.45, 2.75) is 5.72 Å². The minimum Gasteiger partial charge on any atom is -0.508 e. The number of aliphatic imine (C=N–C) groups is 1. The van der Waals surface area contributed by atoms with Gasteiger partial charge in [-0.3, -0.25) is 4.89 Å². The molecule has 3 heterocycles. The zero-order valence-corrected chi connectivity index (χ0v) is 11.0. The Morgan fingerprint density at radius 3 is 3.00 bits per heavy atom. The third kappa shape index (κ3) is 1.57. The van der Waals surface area contributed by atoms with Gasteiger partial charge < -0.3 is 5.11 Å². The van der Waals surface area contributed by atoms with Crippen molar-refractivity contribution in [2.75, 3.05) is 5.75 Å². The van der Waals surface area contributed by atoms with Crippen molar-refractivity contribution in [2.24, 2.45) is 4.99 Å². The largest absolute Gasteiger partial charge is 0.508 e. The molecule has 1 unspecified atom stereocenters. The molecule has 4 rings (SSSR count). The molecule has 1 saturated heterocycles. The molecule has 1 fully saturated rings. The number of hydrogen-bond donors (Lipinski definition) is 1. The Morgan fingerprint density at radius 1 is 1.42 bits per heavy atom. The molecule has 1 aromatic heterocycles. The standard InChI is InChI=1S/C11H6N2O4S2/c14-5-1-2-6-7(3-5)19-8(12-6)9-13-11(4-18-9)10(15)16-17-11/h1-3,14H,4H2. The van der Waals surface area contributed by atoms with E-state index in [1.165, 1.54) is 23.1 Å². The lowest BCUT2D eigenvalue weighted by Gasteiger charge is -2.28. The van der Waals surface area contributed by atoms with Crippen LogP contribution in [-0.4, -0.2) is 32.6 Å². The lowest BCUT2D eigenvalue weighted by molar-refractivity contribution is -0.392. The summed E-state index contributed by atoms with van der Waals surface area (Å²) in [6, 6.07) is 4.98. The van der Waals surface area contributed by atoms with Crippen LogP contribution in [0.5, 0.6) is 5.75 Å². The first kappa shape index (κ1) is 11.2. The third-order valence-corrected chi connectivity index (χ3v) is 5.06. The molecule has 1 spiro atoms. The van der Waals surface area contributed by atoms with Gasteiger partial charge in [0.1, 0.15) is 15.8 Å². The van der Waals surface area contributed by atoms with Gasteiger partial charge in [0, 0.05) is 0 Å². The average Bonchev–Trinajstić information content (AvgIpc) is 3.01. The minimum absolute atomic E-state index is 0.200. The quantitative estimate of drug-likeness (QED) is 0.806. The number of fused-ring (bicyclic) bond motifs is 1. The summed E-state index contributed by atoms with van der Waals surface area (Å²) in [5.74, 6) is 0.141. The van der Waals surface area contributed by atoms with Crippen LogP contribution in [0.4, 0.5) is 0 Å². The van der Waals surface area contributed by atoms with Crippen molar-refractivity contribution in [1.29, 1.82) is 0 Å². The number of carbonyl (C=O) groups is 1. The van der Waals surface area contributed by atoms with Gasteiger partial charge in [0.2, 0.25) is 0 Å². The first-order valence-electron chi connectivity index (χ1n) is 5.39. The van der Waals surface area contributed by atoms with Crippen LogP contribution in [0.25, 0.3) is 10.2 Å². The van der Waals surface area contributed by atoms with Gasteiger partial charge in [0.05, 0.1) is 16.0 Å². The van der Waals surface area contributed by atoms with E-state index >= 15 is 0 Å². The van der Waals surface area contributed by atoms with Crippen LogP contribution in [0.1, 0.15) is 5.01 Å².